The molecule has 0 unspecified atom stereocenters. The number of carbonyl (C=O) groups is 1. The molecule has 1 aliphatic rings. The van der Waals surface area contributed by atoms with Gasteiger partial charge in [0, 0.05) is 48.4 Å². The summed E-state index contributed by atoms with van der Waals surface area (Å²) < 4.78 is 46.0. The number of rotatable bonds is 9. The summed E-state index contributed by atoms with van der Waals surface area (Å²) in [6.07, 6.45) is -0.170. The van der Waals surface area contributed by atoms with Crippen LogP contribution >= 0.6 is 22.7 Å². The third-order valence-electron chi connectivity index (χ3n) is 5.60. The Bertz CT molecular complexity index is 1100. The van der Waals surface area contributed by atoms with Crippen molar-refractivity contribution in [1.29, 1.82) is 0 Å². The molecule has 0 aliphatic carbocycles. The second-order valence-electron chi connectivity index (χ2n) is 7.92. The second kappa shape index (κ2) is 9.99. The first-order valence-corrected chi connectivity index (χ1v) is 12.3. The number of halogens is 3. The third-order valence-corrected chi connectivity index (χ3v) is 7.87. The maximum absolute atomic E-state index is 13.5. The fourth-order valence-corrected chi connectivity index (χ4v) is 6.57. The third kappa shape index (κ3) is 5.06. The normalized spacial score (nSPS) is 14.1. The molecule has 0 bridgehead atoms. The van der Waals surface area contributed by atoms with Crippen molar-refractivity contribution in [2.75, 3.05) is 20.3 Å². The van der Waals surface area contributed by atoms with E-state index in [1.54, 1.807) is 24.5 Å². The Morgan fingerprint density at radius 1 is 1.22 bits per heavy atom. The number of nitrogens with zero attached hydrogens (tertiary/aromatic N) is 1. The number of ketones is 1. The first kappa shape index (κ1) is 23.4. The van der Waals surface area contributed by atoms with Gasteiger partial charge in [0.15, 0.2) is 0 Å². The number of thiophene rings is 1. The first-order valence-electron chi connectivity index (χ1n) is 10.7. The molecule has 0 fully saturated rings. The van der Waals surface area contributed by atoms with Crippen molar-refractivity contribution in [1.82, 2.24) is 10.3 Å². The van der Waals surface area contributed by atoms with E-state index >= 15 is 0 Å². The second-order valence-corrected chi connectivity index (χ2v) is 10.1. The lowest BCUT2D eigenvalue weighted by molar-refractivity contribution is -0.136. The van der Waals surface area contributed by atoms with Gasteiger partial charge in [0.2, 0.25) is 0 Å². The molecular weight excluding hydrogens is 457 g/mol. The predicted molar refractivity (Wildman–Crippen MR) is 122 cm³/mol. The van der Waals surface area contributed by atoms with E-state index in [9.17, 15) is 18.0 Å². The molecule has 0 radical (unpaired) electrons. The van der Waals surface area contributed by atoms with E-state index in [-0.39, 0.29) is 11.3 Å². The fourth-order valence-electron chi connectivity index (χ4n) is 4.06. The van der Waals surface area contributed by atoms with E-state index in [0.29, 0.717) is 29.2 Å². The van der Waals surface area contributed by atoms with Crippen LogP contribution in [0.2, 0.25) is 0 Å². The molecule has 1 N–H and O–H groups in total. The minimum atomic E-state index is -4.45. The number of Topliss-reactive ketones (excluding diaryl/α,β-unsaturated/α-hetero) is 1. The number of thiazole rings is 1. The van der Waals surface area contributed by atoms with Crippen LogP contribution in [0.3, 0.4) is 0 Å². The van der Waals surface area contributed by atoms with Gasteiger partial charge in [0.25, 0.3) is 0 Å². The Hall–Kier alpha value is -1.81. The van der Waals surface area contributed by atoms with Crippen molar-refractivity contribution < 1.29 is 22.7 Å². The Morgan fingerprint density at radius 3 is 2.84 bits per heavy atom. The zero-order valence-electron chi connectivity index (χ0n) is 17.8. The maximum atomic E-state index is 13.5. The molecule has 0 saturated carbocycles. The highest BCUT2D eigenvalue weighted by Gasteiger charge is 2.34. The summed E-state index contributed by atoms with van der Waals surface area (Å²) in [6, 6.07) is 4.18. The average Bonchev–Trinajstić information content (AvgIpc) is 3.33. The summed E-state index contributed by atoms with van der Waals surface area (Å²) in [4.78, 5) is 19.2. The van der Waals surface area contributed by atoms with Crippen LogP contribution in [-0.2, 0) is 35.1 Å². The van der Waals surface area contributed by atoms with Gasteiger partial charge < -0.3 is 10.1 Å². The van der Waals surface area contributed by atoms with E-state index < -0.39 is 11.7 Å². The van der Waals surface area contributed by atoms with Crippen molar-refractivity contribution >= 4 is 38.7 Å². The molecule has 0 saturated heterocycles. The van der Waals surface area contributed by atoms with E-state index in [1.807, 2.05) is 0 Å². The molecule has 1 aliphatic heterocycles. The summed E-state index contributed by atoms with van der Waals surface area (Å²) in [6.45, 7) is 2.22. The van der Waals surface area contributed by atoms with Gasteiger partial charge in [-0.15, -0.1) is 22.7 Å². The SMILES string of the molecule is COCCCCCC(=O)Cc1sc2c(c1-c1nc3c(C(F)(F)F)cccc3s1)CCNC2. The Morgan fingerprint density at radius 2 is 2.06 bits per heavy atom. The number of para-hydroxylation sites is 1. The van der Waals surface area contributed by atoms with Gasteiger partial charge >= 0.3 is 6.18 Å². The van der Waals surface area contributed by atoms with Gasteiger partial charge in [-0.05, 0) is 43.5 Å². The monoisotopic (exact) mass is 482 g/mol. The smallest absolute Gasteiger partial charge is 0.385 e. The number of ether oxygens (including phenoxy) is 1. The molecular formula is C23H25F3N2O2S2. The molecule has 2 aromatic heterocycles. The summed E-state index contributed by atoms with van der Waals surface area (Å²) in [5.41, 5.74) is 1.29. The fraction of sp³-hybridized carbons (Fsp3) is 0.478. The van der Waals surface area contributed by atoms with Gasteiger partial charge in [-0.25, -0.2) is 4.98 Å². The van der Waals surface area contributed by atoms with E-state index in [0.717, 1.165) is 65.7 Å². The summed E-state index contributed by atoms with van der Waals surface area (Å²) >= 11 is 2.87. The van der Waals surface area contributed by atoms with Gasteiger partial charge in [-0.1, -0.05) is 12.5 Å². The number of hydrogen-bond acceptors (Lipinski definition) is 6. The number of methoxy groups -OCH3 is 1. The van der Waals surface area contributed by atoms with E-state index in [4.69, 9.17) is 4.74 Å². The predicted octanol–water partition coefficient (Wildman–Crippen LogP) is 6.01. The Balaban J connectivity index is 1.65. The summed E-state index contributed by atoms with van der Waals surface area (Å²) in [7, 11) is 1.67. The van der Waals surface area contributed by atoms with Crippen LogP contribution in [0.4, 0.5) is 13.2 Å². The van der Waals surface area contributed by atoms with Gasteiger partial charge in [0.1, 0.15) is 10.8 Å². The molecule has 0 atom stereocenters. The van der Waals surface area contributed by atoms with Crippen LogP contribution in [0.5, 0.6) is 0 Å². The van der Waals surface area contributed by atoms with Gasteiger partial charge in [-0.3, -0.25) is 4.79 Å². The largest absolute Gasteiger partial charge is 0.418 e. The van der Waals surface area contributed by atoms with Crippen LogP contribution < -0.4 is 5.32 Å². The van der Waals surface area contributed by atoms with Crippen molar-refractivity contribution in [3.63, 3.8) is 0 Å². The van der Waals surface area contributed by atoms with Crippen molar-refractivity contribution in [2.45, 2.75) is 51.2 Å². The average molecular weight is 483 g/mol. The number of carbonyl (C=O) groups excluding carboxylic acids is 1. The minimum absolute atomic E-state index is 0.00990. The lowest BCUT2D eigenvalue weighted by Gasteiger charge is -2.13. The molecule has 3 aromatic rings. The Kier molecular flexibility index (Phi) is 7.29. The number of benzene rings is 1. The number of nitrogens with one attached hydrogen (secondary N) is 1. The highest BCUT2D eigenvalue weighted by molar-refractivity contribution is 7.22. The first-order chi connectivity index (χ1) is 15.4. The van der Waals surface area contributed by atoms with E-state index in [1.165, 1.54) is 17.4 Å². The number of hydrogen-bond donors (Lipinski definition) is 1. The van der Waals surface area contributed by atoms with Crippen molar-refractivity contribution in [3.8, 4) is 10.6 Å². The van der Waals surface area contributed by atoms with Crippen LogP contribution in [0.15, 0.2) is 18.2 Å². The van der Waals surface area contributed by atoms with Crippen LogP contribution in [0.1, 0.15) is 46.6 Å². The highest BCUT2D eigenvalue weighted by atomic mass is 32.1. The lowest BCUT2D eigenvalue weighted by Crippen LogP contribution is -2.22. The zero-order valence-corrected chi connectivity index (χ0v) is 19.4. The maximum Gasteiger partial charge on any atom is 0.418 e. The summed E-state index contributed by atoms with van der Waals surface area (Å²) in [5.74, 6) is 0.160. The minimum Gasteiger partial charge on any atom is -0.385 e. The molecule has 4 nitrogen and oxygen atoms in total. The molecule has 1 aromatic carbocycles. The van der Waals surface area contributed by atoms with Crippen molar-refractivity contribution in [3.05, 3.63) is 39.1 Å². The highest BCUT2D eigenvalue weighted by Crippen LogP contribution is 2.44. The molecule has 9 heteroatoms. The molecule has 3 heterocycles. The lowest BCUT2D eigenvalue weighted by atomic mass is 10.00. The van der Waals surface area contributed by atoms with E-state index in [2.05, 4.69) is 10.3 Å². The van der Waals surface area contributed by atoms with Crippen LogP contribution in [0.25, 0.3) is 20.8 Å². The van der Waals surface area contributed by atoms with Crippen molar-refractivity contribution in [2.24, 2.45) is 0 Å². The summed E-state index contributed by atoms with van der Waals surface area (Å²) in [5, 5.41) is 3.93. The van der Waals surface area contributed by atoms with Crippen LogP contribution in [0, 0.1) is 0 Å². The van der Waals surface area contributed by atoms with Gasteiger partial charge in [0.05, 0.1) is 15.8 Å². The number of aromatic nitrogens is 1. The molecule has 4 rings (SSSR count). The van der Waals surface area contributed by atoms with Gasteiger partial charge in [-0.2, -0.15) is 13.2 Å². The number of fused-ring (bicyclic) bond motifs is 2. The molecule has 32 heavy (non-hydrogen) atoms. The Labute approximate surface area is 192 Å². The standard InChI is InChI=1S/C23H25F3N2O2S2/c1-30-11-4-2-3-6-14(29)12-18-20(15-9-10-27-13-19(15)31-18)22-28-21-16(23(24,25)26)7-5-8-17(21)32-22/h5,7-8,27H,2-4,6,9-13H2,1H3. The molecule has 172 valence electrons. The van der Waals surface area contributed by atoms with Crippen LogP contribution in [-0.4, -0.2) is 31.0 Å². The molecule has 0 spiro atoms. The topological polar surface area (TPSA) is 51.2 Å². The quantitative estimate of drug-likeness (QED) is 0.380. The number of unbranched alkanes of at least 4 members (excludes halogenated alkanes) is 2. The number of alkyl halides is 3. The zero-order chi connectivity index (χ0) is 22.7. The molecule has 0 amide bonds.